The quantitative estimate of drug-likeness (QED) is 0.731. The second-order valence-electron chi connectivity index (χ2n) is 7.33. The van der Waals surface area contributed by atoms with Gasteiger partial charge < -0.3 is 15.1 Å². The van der Waals surface area contributed by atoms with E-state index >= 15 is 0 Å². The molecule has 3 heteroatoms. The Balaban J connectivity index is 2.11. The van der Waals surface area contributed by atoms with Gasteiger partial charge in [0.25, 0.3) is 0 Å². The van der Waals surface area contributed by atoms with Crippen LogP contribution in [0.1, 0.15) is 34.1 Å². The molecule has 2 unspecified atom stereocenters. The lowest BCUT2D eigenvalue weighted by molar-refractivity contribution is 0.251. The number of nitrogens with one attached hydrogen (secondary N) is 1. The first-order chi connectivity index (χ1) is 8.29. The summed E-state index contributed by atoms with van der Waals surface area (Å²) in [5.41, 5.74) is 0.450. The van der Waals surface area contributed by atoms with Gasteiger partial charge >= 0.3 is 0 Å². The minimum atomic E-state index is 0.450. The summed E-state index contributed by atoms with van der Waals surface area (Å²) in [4.78, 5) is 4.97. The van der Waals surface area contributed by atoms with Crippen LogP contribution in [0.4, 0.5) is 0 Å². The van der Waals surface area contributed by atoms with Gasteiger partial charge in [-0.05, 0) is 38.4 Å². The zero-order valence-electron chi connectivity index (χ0n) is 13.3. The van der Waals surface area contributed by atoms with Gasteiger partial charge in [0.1, 0.15) is 0 Å². The summed E-state index contributed by atoms with van der Waals surface area (Å²) in [6.07, 6.45) is 1.25. The van der Waals surface area contributed by atoms with Crippen molar-refractivity contribution < 1.29 is 0 Å². The highest BCUT2D eigenvalue weighted by molar-refractivity contribution is 4.86. The average Bonchev–Trinajstić information content (AvgIpc) is 2.57. The second kappa shape index (κ2) is 6.88. The Morgan fingerprint density at radius 1 is 1.17 bits per heavy atom. The van der Waals surface area contributed by atoms with Crippen LogP contribution >= 0.6 is 0 Å². The van der Waals surface area contributed by atoms with E-state index in [0.29, 0.717) is 5.41 Å². The molecule has 1 heterocycles. The van der Waals surface area contributed by atoms with Crippen molar-refractivity contribution >= 4 is 0 Å². The lowest BCUT2D eigenvalue weighted by atomic mass is 9.92. The Bertz CT molecular complexity index is 232. The molecule has 0 aromatic rings. The van der Waals surface area contributed by atoms with Gasteiger partial charge in [-0.2, -0.15) is 0 Å². The van der Waals surface area contributed by atoms with Crippen LogP contribution < -0.4 is 5.32 Å². The number of likely N-dealkylation sites (tertiary alicyclic amines) is 1. The predicted molar refractivity (Wildman–Crippen MR) is 80.0 cm³/mol. The molecule has 1 N–H and O–H groups in total. The largest absolute Gasteiger partial charge is 0.315 e. The number of hydrogen-bond donors (Lipinski definition) is 1. The topological polar surface area (TPSA) is 18.5 Å². The van der Waals surface area contributed by atoms with Crippen molar-refractivity contribution in [2.75, 3.05) is 46.8 Å². The molecule has 0 aromatic heterocycles. The van der Waals surface area contributed by atoms with Crippen molar-refractivity contribution in [2.24, 2.45) is 11.3 Å². The van der Waals surface area contributed by atoms with E-state index < -0.39 is 0 Å². The van der Waals surface area contributed by atoms with Crippen molar-refractivity contribution in [3.63, 3.8) is 0 Å². The number of nitrogens with zero attached hydrogens (tertiary/aromatic N) is 2. The van der Waals surface area contributed by atoms with E-state index in [1.807, 2.05) is 0 Å². The molecule has 108 valence electrons. The molecule has 1 aliphatic rings. The molecular formula is C15H33N3. The lowest BCUT2D eigenvalue weighted by Gasteiger charge is -2.23. The first kappa shape index (κ1) is 15.9. The maximum atomic E-state index is 3.57. The van der Waals surface area contributed by atoms with E-state index in [4.69, 9.17) is 0 Å². The molecule has 0 bridgehead atoms. The summed E-state index contributed by atoms with van der Waals surface area (Å²) in [7, 11) is 4.40. The molecule has 1 rings (SSSR count). The Kier molecular flexibility index (Phi) is 6.09. The summed E-state index contributed by atoms with van der Waals surface area (Å²) < 4.78 is 0. The fraction of sp³-hybridized carbons (Fsp3) is 1.00. The maximum Gasteiger partial charge on any atom is 0.0254 e. The Morgan fingerprint density at radius 2 is 1.83 bits per heavy atom. The zero-order chi connectivity index (χ0) is 13.8. The highest BCUT2D eigenvalue weighted by Gasteiger charge is 2.30. The Morgan fingerprint density at radius 3 is 2.33 bits per heavy atom. The molecule has 0 radical (unpaired) electrons. The van der Waals surface area contributed by atoms with Crippen LogP contribution in [0.15, 0.2) is 0 Å². The summed E-state index contributed by atoms with van der Waals surface area (Å²) >= 11 is 0. The molecule has 0 amide bonds. The van der Waals surface area contributed by atoms with Crippen LogP contribution in [0.25, 0.3) is 0 Å². The SMILES string of the molecule is CC1CN(CCNCCC(C)(C)C)CC1N(C)C. The van der Waals surface area contributed by atoms with E-state index in [2.05, 4.69) is 56.9 Å². The Labute approximate surface area is 114 Å². The first-order valence-electron chi connectivity index (χ1n) is 7.39. The summed E-state index contributed by atoms with van der Waals surface area (Å²) in [6.45, 7) is 15.2. The highest BCUT2D eigenvalue weighted by atomic mass is 15.2. The predicted octanol–water partition coefficient (Wildman–Crippen LogP) is 1.89. The standard InChI is InChI=1S/C15H33N3/c1-13-11-18(12-14(13)17(5)6)10-9-16-8-7-15(2,3)4/h13-14,16H,7-12H2,1-6H3. The van der Waals surface area contributed by atoms with Crippen molar-refractivity contribution in [3.8, 4) is 0 Å². The summed E-state index contributed by atoms with van der Waals surface area (Å²) in [6, 6.07) is 0.736. The number of rotatable bonds is 6. The Hall–Kier alpha value is -0.120. The average molecular weight is 255 g/mol. The molecule has 2 atom stereocenters. The number of likely N-dealkylation sites (N-methyl/N-ethyl adjacent to an activating group) is 1. The van der Waals surface area contributed by atoms with E-state index in [0.717, 1.165) is 25.0 Å². The van der Waals surface area contributed by atoms with Crippen LogP contribution in [-0.4, -0.2) is 62.7 Å². The van der Waals surface area contributed by atoms with Crippen molar-refractivity contribution in [2.45, 2.75) is 40.2 Å². The normalized spacial score (nSPS) is 26.2. The molecule has 1 saturated heterocycles. The minimum absolute atomic E-state index is 0.450. The summed E-state index contributed by atoms with van der Waals surface area (Å²) in [5, 5.41) is 3.57. The molecule has 1 fully saturated rings. The van der Waals surface area contributed by atoms with Gasteiger partial charge in [-0.1, -0.05) is 27.7 Å². The van der Waals surface area contributed by atoms with E-state index in [-0.39, 0.29) is 0 Å². The van der Waals surface area contributed by atoms with E-state index in [1.165, 1.54) is 26.1 Å². The van der Waals surface area contributed by atoms with Gasteiger partial charge in [0, 0.05) is 32.2 Å². The van der Waals surface area contributed by atoms with Crippen LogP contribution in [0.3, 0.4) is 0 Å². The molecular weight excluding hydrogens is 222 g/mol. The van der Waals surface area contributed by atoms with Gasteiger partial charge in [0.15, 0.2) is 0 Å². The third kappa shape index (κ3) is 5.68. The van der Waals surface area contributed by atoms with E-state index in [9.17, 15) is 0 Å². The highest BCUT2D eigenvalue weighted by Crippen LogP contribution is 2.19. The third-order valence-electron chi connectivity index (χ3n) is 3.97. The zero-order valence-corrected chi connectivity index (χ0v) is 13.3. The monoisotopic (exact) mass is 255 g/mol. The molecule has 0 saturated carbocycles. The first-order valence-corrected chi connectivity index (χ1v) is 7.39. The molecule has 18 heavy (non-hydrogen) atoms. The molecule has 0 spiro atoms. The van der Waals surface area contributed by atoms with Gasteiger partial charge in [0.05, 0.1) is 0 Å². The van der Waals surface area contributed by atoms with Crippen LogP contribution in [0, 0.1) is 11.3 Å². The van der Waals surface area contributed by atoms with Gasteiger partial charge in [-0.3, -0.25) is 0 Å². The lowest BCUT2D eigenvalue weighted by Crippen LogP contribution is -2.36. The fourth-order valence-electron chi connectivity index (χ4n) is 2.73. The van der Waals surface area contributed by atoms with Crippen molar-refractivity contribution in [3.05, 3.63) is 0 Å². The van der Waals surface area contributed by atoms with Crippen LogP contribution in [0.5, 0.6) is 0 Å². The van der Waals surface area contributed by atoms with Crippen LogP contribution in [0.2, 0.25) is 0 Å². The molecule has 3 nitrogen and oxygen atoms in total. The van der Waals surface area contributed by atoms with E-state index in [1.54, 1.807) is 0 Å². The molecule has 0 aliphatic carbocycles. The molecule has 0 aromatic carbocycles. The second-order valence-corrected chi connectivity index (χ2v) is 7.33. The smallest absolute Gasteiger partial charge is 0.0254 e. The number of hydrogen-bond acceptors (Lipinski definition) is 3. The molecule has 1 aliphatic heterocycles. The maximum absolute atomic E-state index is 3.57. The van der Waals surface area contributed by atoms with Gasteiger partial charge in [-0.25, -0.2) is 0 Å². The van der Waals surface area contributed by atoms with Gasteiger partial charge in [0.2, 0.25) is 0 Å². The van der Waals surface area contributed by atoms with Crippen molar-refractivity contribution in [1.29, 1.82) is 0 Å². The third-order valence-corrected chi connectivity index (χ3v) is 3.97. The minimum Gasteiger partial charge on any atom is -0.315 e. The fourth-order valence-corrected chi connectivity index (χ4v) is 2.73. The summed E-state index contributed by atoms with van der Waals surface area (Å²) in [5.74, 6) is 0.801. The van der Waals surface area contributed by atoms with Crippen LogP contribution in [-0.2, 0) is 0 Å². The van der Waals surface area contributed by atoms with Crippen molar-refractivity contribution in [1.82, 2.24) is 15.1 Å². The van der Waals surface area contributed by atoms with Gasteiger partial charge in [-0.15, -0.1) is 0 Å².